The summed E-state index contributed by atoms with van der Waals surface area (Å²) in [7, 11) is 3.20. The van der Waals surface area contributed by atoms with Crippen LogP contribution in [-0.4, -0.2) is 55.5 Å². The third kappa shape index (κ3) is 5.26. The Hall–Kier alpha value is -2.25. The van der Waals surface area contributed by atoms with Gasteiger partial charge in [-0.2, -0.15) is 0 Å². The number of likely N-dealkylation sites (tertiary alicyclic amines) is 1. The Labute approximate surface area is 186 Å². The first kappa shape index (κ1) is 22.4. The van der Waals surface area contributed by atoms with E-state index in [0.717, 1.165) is 10.4 Å². The summed E-state index contributed by atoms with van der Waals surface area (Å²) in [6.45, 7) is 4.13. The van der Waals surface area contributed by atoms with Crippen LogP contribution in [0.1, 0.15) is 23.8 Å². The van der Waals surface area contributed by atoms with E-state index in [4.69, 9.17) is 21.1 Å². The van der Waals surface area contributed by atoms with Crippen molar-refractivity contribution in [3.63, 3.8) is 0 Å². The molecule has 0 aliphatic carbocycles. The zero-order chi connectivity index (χ0) is 21.7. The maximum atomic E-state index is 13.0. The molecule has 3 rings (SSSR count). The minimum absolute atomic E-state index is 0.0315. The molecule has 1 unspecified atom stereocenters. The number of carbonyl (C=O) groups is 2. The highest BCUT2D eigenvalue weighted by molar-refractivity contribution is 7.16. The van der Waals surface area contributed by atoms with Gasteiger partial charge >= 0.3 is 0 Å². The van der Waals surface area contributed by atoms with Crippen molar-refractivity contribution in [1.82, 2.24) is 9.80 Å². The molecule has 1 atom stereocenters. The van der Waals surface area contributed by atoms with E-state index < -0.39 is 0 Å². The van der Waals surface area contributed by atoms with Gasteiger partial charge in [0.15, 0.2) is 11.5 Å². The molecule has 0 radical (unpaired) electrons. The summed E-state index contributed by atoms with van der Waals surface area (Å²) in [5, 5.41) is 0. The summed E-state index contributed by atoms with van der Waals surface area (Å²) < 4.78 is 11.3. The van der Waals surface area contributed by atoms with Gasteiger partial charge in [-0.1, -0.05) is 17.7 Å². The van der Waals surface area contributed by atoms with Gasteiger partial charge in [0.05, 0.1) is 31.0 Å². The van der Waals surface area contributed by atoms with Crippen LogP contribution in [0.25, 0.3) is 0 Å². The molecule has 162 valence electrons. The van der Waals surface area contributed by atoms with Gasteiger partial charge in [-0.05, 0) is 43.2 Å². The summed E-state index contributed by atoms with van der Waals surface area (Å²) in [4.78, 5) is 30.1. The number of hydrogen-bond donors (Lipinski definition) is 0. The summed E-state index contributed by atoms with van der Waals surface area (Å²) >= 11 is 7.48. The van der Waals surface area contributed by atoms with Crippen molar-refractivity contribution < 1.29 is 19.1 Å². The number of ether oxygens (including phenoxy) is 2. The third-order valence-corrected chi connectivity index (χ3v) is 6.57. The molecule has 6 nitrogen and oxygen atoms in total. The number of benzene rings is 1. The monoisotopic (exact) mass is 450 g/mol. The lowest BCUT2D eigenvalue weighted by Crippen LogP contribution is -2.37. The maximum absolute atomic E-state index is 13.0. The lowest BCUT2D eigenvalue weighted by molar-refractivity contribution is -0.136. The Bertz CT molecular complexity index is 901. The lowest BCUT2D eigenvalue weighted by Gasteiger charge is -2.24. The first-order valence-corrected chi connectivity index (χ1v) is 11.2. The molecule has 30 heavy (non-hydrogen) atoms. The largest absolute Gasteiger partial charge is 0.493 e. The predicted molar refractivity (Wildman–Crippen MR) is 118 cm³/mol. The first-order chi connectivity index (χ1) is 14.4. The maximum Gasteiger partial charge on any atom is 0.228 e. The Morgan fingerprint density at radius 1 is 1.23 bits per heavy atom. The zero-order valence-electron chi connectivity index (χ0n) is 17.5. The van der Waals surface area contributed by atoms with E-state index in [1.807, 2.05) is 37.3 Å². The van der Waals surface area contributed by atoms with Crippen LogP contribution in [0.15, 0.2) is 30.3 Å². The van der Waals surface area contributed by atoms with E-state index in [2.05, 4.69) is 0 Å². The van der Waals surface area contributed by atoms with E-state index in [1.54, 1.807) is 24.0 Å². The van der Waals surface area contributed by atoms with Gasteiger partial charge in [-0.15, -0.1) is 11.3 Å². The molecule has 1 saturated heterocycles. The highest BCUT2D eigenvalue weighted by Crippen LogP contribution is 2.29. The predicted octanol–water partition coefficient (Wildman–Crippen LogP) is 3.86. The van der Waals surface area contributed by atoms with Crippen LogP contribution in [0.2, 0.25) is 4.34 Å². The van der Waals surface area contributed by atoms with Crippen molar-refractivity contribution in [1.29, 1.82) is 0 Å². The number of nitrogens with zero attached hydrogens (tertiary/aromatic N) is 2. The smallest absolute Gasteiger partial charge is 0.228 e. The summed E-state index contributed by atoms with van der Waals surface area (Å²) in [6, 6.07) is 9.54. The van der Waals surface area contributed by atoms with Crippen molar-refractivity contribution in [2.75, 3.05) is 33.9 Å². The molecular weight excluding hydrogens is 424 g/mol. The van der Waals surface area contributed by atoms with Crippen LogP contribution in [0.5, 0.6) is 11.5 Å². The average Bonchev–Trinajstić information content (AvgIpc) is 3.34. The van der Waals surface area contributed by atoms with Crippen LogP contribution in [-0.2, 0) is 22.6 Å². The van der Waals surface area contributed by atoms with Crippen molar-refractivity contribution in [3.8, 4) is 11.5 Å². The molecule has 0 N–H and O–H groups in total. The Balaban J connectivity index is 1.58. The molecule has 1 aliphatic rings. The Morgan fingerprint density at radius 3 is 2.63 bits per heavy atom. The number of thiophene rings is 1. The second-order valence-corrected chi connectivity index (χ2v) is 9.04. The van der Waals surface area contributed by atoms with Crippen LogP contribution in [0.3, 0.4) is 0 Å². The van der Waals surface area contributed by atoms with Crippen LogP contribution in [0, 0.1) is 5.92 Å². The molecule has 2 heterocycles. The standard InChI is InChI=1S/C22H27ClN2O4S/c1-4-24(14-17-6-8-20(23)30-17)22(27)16-12-21(26)25(13-16)10-9-15-5-7-18(28-2)19(11-15)29-3/h5-8,11,16H,4,9-10,12-14H2,1-3H3. The fraction of sp³-hybridized carbons (Fsp3) is 0.455. The topological polar surface area (TPSA) is 59.1 Å². The molecule has 1 fully saturated rings. The molecule has 8 heteroatoms. The zero-order valence-corrected chi connectivity index (χ0v) is 19.1. The fourth-order valence-electron chi connectivity index (χ4n) is 3.68. The average molecular weight is 451 g/mol. The molecule has 0 spiro atoms. The first-order valence-electron chi connectivity index (χ1n) is 9.96. The molecule has 0 bridgehead atoms. The molecular formula is C22H27ClN2O4S. The van der Waals surface area contributed by atoms with Crippen molar-refractivity contribution >= 4 is 34.8 Å². The van der Waals surface area contributed by atoms with Crippen molar-refractivity contribution in [3.05, 3.63) is 45.1 Å². The summed E-state index contributed by atoms with van der Waals surface area (Å²) in [6.07, 6.45) is 0.963. The number of carbonyl (C=O) groups excluding carboxylic acids is 2. The second kappa shape index (κ2) is 10.2. The van der Waals surface area contributed by atoms with E-state index in [1.165, 1.54) is 11.3 Å². The number of amides is 2. The van der Waals surface area contributed by atoms with Crippen molar-refractivity contribution in [2.45, 2.75) is 26.3 Å². The highest BCUT2D eigenvalue weighted by atomic mass is 35.5. The Kier molecular flexibility index (Phi) is 7.61. The quantitative estimate of drug-likeness (QED) is 0.582. The number of methoxy groups -OCH3 is 2. The molecule has 2 aromatic rings. The highest BCUT2D eigenvalue weighted by Gasteiger charge is 2.36. The molecule has 1 aliphatic heterocycles. The minimum atomic E-state index is -0.293. The van der Waals surface area contributed by atoms with Gasteiger partial charge in [0, 0.05) is 30.9 Å². The van der Waals surface area contributed by atoms with Crippen molar-refractivity contribution in [2.24, 2.45) is 5.92 Å². The SMILES string of the molecule is CCN(Cc1ccc(Cl)s1)C(=O)C1CC(=O)N(CCc2ccc(OC)c(OC)c2)C1. The van der Waals surface area contributed by atoms with E-state index >= 15 is 0 Å². The van der Waals surface area contributed by atoms with Crippen LogP contribution >= 0.6 is 22.9 Å². The van der Waals surface area contributed by atoms with E-state index in [9.17, 15) is 9.59 Å². The second-order valence-electron chi connectivity index (χ2n) is 7.24. The van der Waals surface area contributed by atoms with E-state index in [0.29, 0.717) is 48.4 Å². The molecule has 2 amide bonds. The van der Waals surface area contributed by atoms with Gasteiger partial charge in [0.1, 0.15) is 0 Å². The van der Waals surface area contributed by atoms with Gasteiger partial charge in [0.25, 0.3) is 0 Å². The summed E-state index contributed by atoms with van der Waals surface area (Å²) in [5.41, 5.74) is 1.06. The number of hydrogen-bond acceptors (Lipinski definition) is 5. The normalized spacial score (nSPS) is 16.1. The Morgan fingerprint density at radius 2 is 2.00 bits per heavy atom. The van der Waals surface area contributed by atoms with E-state index in [-0.39, 0.29) is 24.2 Å². The summed E-state index contributed by atoms with van der Waals surface area (Å²) in [5.74, 6) is 1.12. The van der Waals surface area contributed by atoms with Crippen LogP contribution < -0.4 is 9.47 Å². The lowest BCUT2D eigenvalue weighted by atomic mass is 10.1. The van der Waals surface area contributed by atoms with Gasteiger partial charge in [0.2, 0.25) is 11.8 Å². The fourth-order valence-corrected chi connectivity index (χ4v) is 4.79. The minimum Gasteiger partial charge on any atom is -0.493 e. The molecule has 1 aromatic heterocycles. The van der Waals surface area contributed by atoms with Gasteiger partial charge in [-0.3, -0.25) is 9.59 Å². The third-order valence-electron chi connectivity index (χ3n) is 5.35. The number of halogens is 1. The molecule has 0 saturated carbocycles. The van der Waals surface area contributed by atoms with Gasteiger partial charge < -0.3 is 19.3 Å². The number of rotatable bonds is 9. The van der Waals surface area contributed by atoms with Gasteiger partial charge in [-0.25, -0.2) is 0 Å². The van der Waals surface area contributed by atoms with Crippen LogP contribution in [0.4, 0.5) is 0 Å². The molecule has 1 aromatic carbocycles.